The SMILES string of the molecule is COc1ccc(NC(=O)CSc2nc3c([nH]c4ccccc43)c(=O)n2-c2ccc(C)cc2)cc1. The quantitative estimate of drug-likeness (QED) is 0.272. The lowest BCUT2D eigenvalue weighted by Gasteiger charge is -2.12. The monoisotopic (exact) mass is 470 g/mol. The van der Waals surface area contributed by atoms with Gasteiger partial charge in [-0.1, -0.05) is 47.7 Å². The first-order valence-corrected chi connectivity index (χ1v) is 11.7. The fourth-order valence-corrected chi connectivity index (χ4v) is 4.57. The van der Waals surface area contributed by atoms with Crippen LogP contribution in [-0.4, -0.2) is 33.3 Å². The van der Waals surface area contributed by atoms with Gasteiger partial charge in [-0.2, -0.15) is 0 Å². The lowest BCUT2D eigenvalue weighted by Crippen LogP contribution is -2.23. The molecule has 170 valence electrons. The zero-order valence-electron chi connectivity index (χ0n) is 18.7. The number of thioether (sulfide) groups is 1. The second kappa shape index (κ2) is 9.07. The number of hydrogen-bond donors (Lipinski definition) is 2. The summed E-state index contributed by atoms with van der Waals surface area (Å²) in [5.74, 6) is 0.614. The van der Waals surface area contributed by atoms with Crippen molar-refractivity contribution in [2.24, 2.45) is 0 Å². The molecule has 0 spiro atoms. The first-order valence-electron chi connectivity index (χ1n) is 10.7. The van der Waals surface area contributed by atoms with Gasteiger partial charge in [-0.25, -0.2) is 4.98 Å². The van der Waals surface area contributed by atoms with Gasteiger partial charge in [0.05, 0.1) is 18.6 Å². The number of para-hydroxylation sites is 1. The van der Waals surface area contributed by atoms with E-state index in [1.54, 1.807) is 35.9 Å². The molecule has 0 saturated heterocycles. The molecule has 0 aliphatic heterocycles. The Morgan fingerprint density at radius 1 is 1.06 bits per heavy atom. The Labute approximate surface area is 199 Å². The summed E-state index contributed by atoms with van der Waals surface area (Å²) in [5.41, 5.74) is 4.13. The van der Waals surface area contributed by atoms with E-state index in [4.69, 9.17) is 9.72 Å². The third kappa shape index (κ3) is 4.15. The van der Waals surface area contributed by atoms with Gasteiger partial charge < -0.3 is 15.0 Å². The van der Waals surface area contributed by atoms with Crippen LogP contribution in [0.2, 0.25) is 0 Å². The predicted octanol–water partition coefficient (Wildman–Crippen LogP) is 4.91. The van der Waals surface area contributed by atoms with Crippen LogP contribution in [0.4, 0.5) is 5.69 Å². The van der Waals surface area contributed by atoms with E-state index < -0.39 is 0 Å². The van der Waals surface area contributed by atoms with Gasteiger partial charge in [-0.15, -0.1) is 0 Å². The van der Waals surface area contributed by atoms with Crippen LogP contribution in [0, 0.1) is 6.92 Å². The van der Waals surface area contributed by atoms with E-state index in [-0.39, 0.29) is 17.2 Å². The topological polar surface area (TPSA) is 89.0 Å². The Balaban J connectivity index is 1.52. The fraction of sp³-hybridized carbons (Fsp3) is 0.115. The van der Waals surface area contributed by atoms with Gasteiger partial charge in [0.1, 0.15) is 16.8 Å². The van der Waals surface area contributed by atoms with Gasteiger partial charge in [0, 0.05) is 16.6 Å². The van der Waals surface area contributed by atoms with Gasteiger partial charge >= 0.3 is 0 Å². The molecule has 3 aromatic carbocycles. The van der Waals surface area contributed by atoms with E-state index in [1.807, 2.05) is 55.5 Å². The number of carbonyl (C=O) groups is 1. The van der Waals surface area contributed by atoms with Gasteiger partial charge in [0.2, 0.25) is 5.91 Å². The molecule has 1 amide bonds. The number of hydrogen-bond acceptors (Lipinski definition) is 5. The summed E-state index contributed by atoms with van der Waals surface area (Å²) in [6, 6.07) is 22.5. The lowest BCUT2D eigenvalue weighted by molar-refractivity contribution is -0.113. The van der Waals surface area contributed by atoms with Crippen LogP contribution in [0.1, 0.15) is 5.56 Å². The van der Waals surface area contributed by atoms with Crippen LogP contribution in [0.15, 0.2) is 82.7 Å². The van der Waals surface area contributed by atoms with Crippen molar-refractivity contribution in [3.8, 4) is 11.4 Å². The normalized spacial score (nSPS) is 11.1. The van der Waals surface area contributed by atoms with Crippen molar-refractivity contribution in [3.05, 3.63) is 88.7 Å². The first kappa shape index (κ1) is 21.8. The lowest BCUT2D eigenvalue weighted by atomic mass is 10.2. The maximum Gasteiger partial charge on any atom is 0.283 e. The van der Waals surface area contributed by atoms with Crippen molar-refractivity contribution in [2.45, 2.75) is 12.1 Å². The van der Waals surface area contributed by atoms with Crippen LogP contribution < -0.4 is 15.6 Å². The van der Waals surface area contributed by atoms with E-state index in [9.17, 15) is 9.59 Å². The van der Waals surface area contributed by atoms with Crippen LogP contribution in [0.25, 0.3) is 27.6 Å². The Hall–Kier alpha value is -4.04. The number of rotatable bonds is 6. The average Bonchev–Trinajstić information content (AvgIpc) is 3.23. The second-order valence-corrected chi connectivity index (χ2v) is 8.77. The van der Waals surface area contributed by atoms with Crippen molar-refractivity contribution in [2.75, 3.05) is 18.2 Å². The molecule has 2 aromatic heterocycles. The number of nitrogens with zero attached hydrogens (tertiary/aromatic N) is 2. The van der Waals surface area contributed by atoms with E-state index in [1.165, 1.54) is 11.8 Å². The predicted molar refractivity (Wildman–Crippen MR) is 136 cm³/mol. The van der Waals surface area contributed by atoms with Gasteiger partial charge in [-0.05, 0) is 49.4 Å². The first-order chi connectivity index (χ1) is 16.5. The highest BCUT2D eigenvalue weighted by atomic mass is 32.2. The van der Waals surface area contributed by atoms with E-state index in [2.05, 4.69) is 10.3 Å². The minimum absolute atomic E-state index is 0.0954. The number of aromatic amines is 1. The molecular weight excluding hydrogens is 448 g/mol. The molecular formula is C26H22N4O3S. The number of aryl methyl sites for hydroxylation is 1. The third-order valence-corrected chi connectivity index (χ3v) is 6.43. The number of H-pyrrole nitrogens is 1. The molecule has 0 fully saturated rings. The summed E-state index contributed by atoms with van der Waals surface area (Å²) in [6.45, 7) is 1.99. The maximum atomic E-state index is 13.6. The van der Waals surface area contributed by atoms with Crippen molar-refractivity contribution in [1.29, 1.82) is 0 Å². The number of fused-ring (bicyclic) bond motifs is 3. The van der Waals surface area contributed by atoms with Crippen molar-refractivity contribution < 1.29 is 9.53 Å². The zero-order chi connectivity index (χ0) is 23.7. The molecule has 5 aromatic rings. The Kier molecular flexibility index (Phi) is 5.81. The molecule has 0 aliphatic rings. The molecule has 8 heteroatoms. The van der Waals surface area contributed by atoms with E-state index in [0.717, 1.165) is 16.5 Å². The summed E-state index contributed by atoms with van der Waals surface area (Å²) >= 11 is 1.22. The third-order valence-electron chi connectivity index (χ3n) is 5.49. The molecule has 0 aliphatic carbocycles. The maximum absolute atomic E-state index is 13.6. The van der Waals surface area contributed by atoms with Crippen molar-refractivity contribution in [3.63, 3.8) is 0 Å². The Bertz CT molecular complexity index is 1550. The van der Waals surface area contributed by atoms with Crippen LogP contribution in [0.5, 0.6) is 5.75 Å². The number of anilines is 1. The standard InChI is InChI=1S/C26H22N4O3S/c1-16-7-11-18(12-8-16)30-25(32)24-23(20-5-3-4-6-21(20)28-24)29-26(30)34-15-22(31)27-17-9-13-19(33-2)14-10-17/h3-14,28H,15H2,1-2H3,(H,27,31). The molecule has 0 atom stereocenters. The highest BCUT2D eigenvalue weighted by molar-refractivity contribution is 7.99. The molecule has 0 radical (unpaired) electrons. The van der Waals surface area contributed by atoms with E-state index >= 15 is 0 Å². The van der Waals surface area contributed by atoms with Gasteiger partial charge in [-0.3, -0.25) is 14.2 Å². The molecule has 0 unspecified atom stereocenters. The van der Waals surface area contributed by atoms with Gasteiger partial charge in [0.25, 0.3) is 5.56 Å². The van der Waals surface area contributed by atoms with Crippen molar-refractivity contribution >= 4 is 45.3 Å². The van der Waals surface area contributed by atoms with Crippen LogP contribution >= 0.6 is 11.8 Å². The molecule has 2 heterocycles. The fourth-order valence-electron chi connectivity index (χ4n) is 3.76. The van der Waals surface area contributed by atoms with Crippen molar-refractivity contribution in [1.82, 2.24) is 14.5 Å². The van der Waals surface area contributed by atoms with Crippen LogP contribution in [0.3, 0.4) is 0 Å². The molecule has 0 bridgehead atoms. The second-order valence-electron chi connectivity index (χ2n) is 7.83. The highest BCUT2D eigenvalue weighted by Crippen LogP contribution is 2.26. The molecule has 2 N–H and O–H groups in total. The summed E-state index contributed by atoms with van der Waals surface area (Å²) in [4.78, 5) is 34.3. The smallest absolute Gasteiger partial charge is 0.283 e. The van der Waals surface area contributed by atoms with Gasteiger partial charge in [0.15, 0.2) is 5.16 Å². The summed E-state index contributed by atoms with van der Waals surface area (Å²) in [6.07, 6.45) is 0. The summed E-state index contributed by atoms with van der Waals surface area (Å²) in [7, 11) is 1.59. The minimum Gasteiger partial charge on any atom is -0.497 e. The number of nitrogens with one attached hydrogen (secondary N) is 2. The summed E-state index contributed by atoms with van der Waals surface area (Å²) in [5, 5.41) is 4.20. The van der Waals surface area contributed by atoms with E-state index in [0.29, 0.717) is 33.3 Å². The Morgan fingerprint density at radius 2 is 1.79 bits per heavy atom. The Morgan fingerprint density at radius 3 is 2.53 bits per heavy atom. The zero-order valence-corrected chi connectivity index (χ0v) is 19.5. The minimum atomic E-state index is -0.205. The molecule has 34 heavy (non-hydrogen) atoms. The largest absolute Gasteiger partial charge is 0.497 e. The number of amides is 1. The molecule has 7 nitrogen and oxygen atoms in total. The molecule has 0 saturated carbocycles. The number of methoxy groups -OCH3 is 1. The highest BCUT2D eigenvalue weighted by Gasteiger charge is 2.18. The molecule has 5 rings (SSSR count). The number of ether oxygens (including phenoxy) is 1. The number of benzene rings is 3. The average molecular weight is 471 g/mol. The van der Waals surface area contributed by atoms with Crippen LogP contribution in [-0.2, 0) is 4.79 Å². The number of carbonyl (C=O) groups excluding carboxylic acids is 1. The summed E-state index contributed by atoms with van der Waals surface area (Å²) < 4.78 is 6.71. The number of aromatic nitrogens is 3.